The Kier molecular flexibility index (Phi) is 5.15. The number of rotatable bonds is 6. The Morgan fingerprint density at radius 1 is 1.07 bits per heavy atom. The largest absolute Gasteiger partial charge is 0.348 e. The summed E-state index contributed by atoms with van der Waals surface area (Å²) in [6.45, 7) is 2.77. The molecule has 146 valence electrons. The van der Waals surface area contributed by atoms with Crippen LogP contribution in [0.3, 0.4) is 0 Å². The quantitative estimate of drug-likeness (QED) is 0.549. The van der Waals surface area contributed by atoms with Gasteiger partial charge < -0.3 is 5.32 Å². The summed E-state index contributed by atoms with van der Waals surface area (Å²) in [7, 11) is 0. The molecule has 2 heterocycles. The SMILES string of the molecule is Cc1c(C(=O)NCc2ccccc2Cn2cncn2)cnn1-c1ccc(F)cc1. The van der Waals surface area contributed by atoms with Crippen molar-refractivity contribution in [2.45, 2.75) is 20.0 Å². The summed E-state index contributed by atoms with van der Waals surface area (Å²) < 4.78 is 16.5. The fourth-order valence-corrected chi connectivity index (χ4v) is 3.12. The second kappa shape index (κ2) is 8.05. The topological polar surface area (TPSA) is 77.6 Å². The number of carbonyl (C=O) groups excluding carboxylic acids is 1. The first kappa shape index (κ1) is 18.5. The van der Waals surface area contributed by atoms with Crippen LogP contribution in [-0.4, -0.2) is 30.5 Å². The van der Waals surface area contributed by atoms with E-state index >= 15 is 0 Å². The van der Waals surface area contributed by atoms with Crippen molar-refractivity contribution in [2.75, 3.05) is 0 Å². The molecular formula is C21H19FN6O. The van der Waals surface area contributed by atoms with E-state index in [0.717, 1.165) is 11.1 Å². The highest BCUT2D eigenvalue weighted by Crippen LogP contribution is 2.15. The Morgan fingerprint density at radius 2 is 1.83 bits per heavy atom. The Balaban J connectivity index is 1.48. The van der Waals surface area contributed by atoms with Gasteiger partial charge in [-0.05, 0) is 42.3 Å². The first-order chi connectivity index (χ1) is 14.1. The minimum atomic E-state index is -0.318. The molecule has 29 heavy (non-hydrogen) atoms. The zero-order valence-corrected chi connectivity index (χ0v) is 15.8. The first-order valence-electron chi connectivity index (χ1n) is 9.10. The second-order valence-electron chi connectivity index (χ2n) is 6.58. The molecule has 0 fully saturated rings. The van der Waals surface area contributed by atoms with Gasteiger partial charge in [0.05, 0.1) is 29.7 Å². The van der Waals surface area contributed by atoms with Gasteiger partial charge in [-0.25, -0.2) is 18.7 Å². The third kappa shape index (κ3) is 4.06. The van der Waals surface area contributed by atoms with Gasteiger partial charge >= 0.3 is 0 Å². The molecule has 4 aromatic rings. The molecule has 7 nitrogen and oxygen atoms in total. The lowest BCUT2D eigenvalue weighted by atomic mass is 10.1. The van der Waals surface area contributed by atoms with Gasteiger partial charge in [0, 0.05) is 6.54 Å². The molecule has 0 saturated heterocycles. The standard InChI is InChI=1S/C21H19FN6O/c1-15-20(11-25-28(15)19-8-6-18(22)7-9-19)21(29)24-10-16-4-2-3-5-17(16)12-27-14-23-13-26-27/h2-9,11,13-14H,10,12H2,1H3,(H,24,29). The van der Waals surface area contributed by atoms with Crippen molar-refractivity contribution in [1.82, 2.24) is 29.9 Å². The third-order valence-corrected chi connectivity index (χ3v) is 4.68. The van der Waals surface area contributed by atoms with Crippen LogP contribution >= 0.6 is 0 Å². The fourth-order valence-electron chi connectivity index (χ4n) is 3.12. The van der Waals surface area contributed by atoms with E-state index in [1.165, 1.54) is 24.7 Å². The molecule has 0 spiro atoms. The molecule has 2 aromatic heterocycles. The van der Waals surface area contributed by atoms with Gasteiger partial charge in [-0.15, -0.1) is 0 Å². The number of amides is 1. The molecule has 0 aliphatic heterocycles. The van der Waals surface area contributed by atoms with Crippen LogP contribution in [0.25, 0.3) is 5.69 Å². The Labute approximate surface area is 166 Å². The summed E-state index contributed by atoms with van der Waals surface area (Å²) in [6, 6.07) is 13.8. The van der Waals surface area contributed by atoms with Crippen molar-refractivity contribution in [1.29, 1.82) is 0 Å². The third-order valence-electron chi connectivity index (χ3n) is 4.68. The van der Waals surface area contributed by atoms with Gasteiger partial charge in [0.25, 0.3) is 5.91 Å². The molecule has 0 bridgehead atoms. The van der Waals surface area contributed by atoms with Gasteiger partial charge in [-0.1, -0.05) is 24.3 Å². The highest BCUT2D eigenvalue weighted by molar-refractivity contribution is 5.95. The molecule has 0 unspecified atom stereocenters. The van der Waals surface area contributed by atoms with E-state index < -0.39 is 0 Å². The summed E-state index contributed by atoms with van der Waals surface area (Å²) in [6.07, 6.45) is 4.67. The average Bonchev–Trinajstić information content (AvgIpc) is 3.37. The summed E-state index contributed by atoms with van der Waals surface area (Å²) in [5.74, 6) is -0.535. The number of benzene rings is 2. The van der Waals surface area contributed by atoms with E-state index in [0.29, 0.717) is 30.0 Å². The summed E-state index contributed by atoms with van der Waals surface area (Å²) in [5.41, 5.74) is 3.91. The van der Waals surface area contributed by atoms with E-state index in [1.807, 2.05) is 31.2 Å². The molecule has 8 heteroatoms. The van der Waals surface area contributed by atoms with Crippen molar-refractivity contribution in [3.05, 3.63) is 95.6 Å². The normalized spacial score (nSPS) is 10.8. The van der Waals surface area contributed by atoms with Crippen molar-refractivity contribution in [3.63, 3.8) is 0 Å². The van der Waals surface area contributed by atoms with Gasteiger partial charge in [-0.2, -0.15) is 10.2 Å². The molecule has 1 amide bonds. The van der Waals surface area contributed by atoms with Crippen molar-refractivity contribution in [3.8, 4) is 5.69 Å². The van der Waals surface area contributed by atoms with Crippen LogP contribution in [0.2, 0.25) is 0 Å². The van der Waals surface area contributed by atoms with Crippen molar-refractivity contribution in [2.24, 2.45) is 0 Å². The predicted octanol–water partition coefficient (Wildman–Crippen LogP) is 2.89. The van der Waals surface area contributed by atoms with E-state index in [2.05, 4.69) is 20.5 Å². The maximum Gasteiger partial charge on any atom is 0.255 e. The lowest BCUT2D eigenvalue weighted by Gasteiger charge is -2.11. The molecule has 0 aliphatic carbocycles. The average molecular weight is 390 g/mol. The Morgan fingerprint density at radius 3 is 2.55 bits per heavy atom. The second-order valence-corrected chi connectivity index (χ2v) is 6.58. The number of aromatic nitrogens is 5. The highest BCUT2D eigenvalue weighted by atomic mass is 19.1. The lowest BCUT2D eigenvalue weighted by Crippen LogP contribution is -2.24. The summed E-state index contributed by atoms with van der Waals surface area (Å²) in [4.78, 5) is 16.7. The Hall–Kier alpha value is -3.81. The van der Waals surface area contributed by atoms with Crippen LogP contribution in [0.4, 0.5) is 4.39 Å². The number of carbonyl (C=O) groups is 1. The van der Waals surface area contributed by atoms with E-state index in [-0.39, 0.29) is 11.7 Å². The Bertz CT molecular complexity index is 1120. The highest BCUT2D eigenvalue weighted by Gasteiger charge is 2.15. The molecular weight excluding hydrogens is 371 g/mol. The number of nitrogens with zero attached hydrogens (tertiary/aromatic N) is 5. The van der Waals surface area contributed by atoms with Gasteiger partial charge in [0.1, 0.15) is 18.5 Å². The predicted molar refractivity (Wildman–Crippen MR) is 105 cm³/mol. The van der Waals surface area contributed by atoms with Crippen molar-refractivity contribution >= 4 is 5.91 Å². The van der Waals surface area contributed by atoms with Crippen LogP contribution in [0.1, 0.15) is 27.2 Å². The fraction of sp³-hybridized carbons (Fsp3) is 0.143. The zero-order valence-electron chi connectivity index (χ0n) is 15.8. The van der Waals surface area contributed by atoms with E-state index in [4.69, 9.17) is 0 Å². The zero-order chi connectivity index (χ0) is 20.2. The number of hydrogen-bond acceptors (Lipinski definition) is 4. The van der Waals surface area contributed by atoms with Gasteiger partial charge in [0.15, 0.2) is 0 Å². The molecule has 0 aliphatic rings. The van der Waals surface area contributed by atoms with Crippen LogP contribution in [0.15, 0.2) is 67.4 Å². The number of nitrogens with one attached hydrogen (secondary N) is 1. The molecule has 2 aromatic carbocycles. The number of hydrogen-bond donors (Lipinski definition) is 1. The van der Waals surface area contributed by atoms with E-state index in [1.54, 1.807) is 27.8 Å². The van der Waals surface area contributed by atoms with Crippen LogP contribution in [-0.2, 0) is 13.1 Å². The minimum absolute atomic E-state index is 0.216. The number of halogens is 1. The molecule has 0 atom stereocenters. The molecule has 0 radical (unpaired) electrons. The maximum absolute atomic E-state index is 13.1. The summed E-state index contributed by atoms with van der Waals surface area (Å²) in [5, 5.41) is 11.4. The van der Waals surface area contributed by atoms with Gasteiger partial charge in [0.2, 0.25) is 0 Å². The monoisotopic (exact) mass is 390 g/mol. The molecule has 4 rings (SSSR count). The minimum Gasteiger partial charge on any atom is -0.348 e. The smallest absolute Gasteiger partial charge is 0.255 e. The molecule has 0 saturated carbocycles. The van der Waals surface area contributed by atoms with E-state index in [9.17, 15) is 9.18 Å². The van der Waals surface area contributed by atoms with Crippen molar-refractivity contribution < 1.29 is 9.18 Å². The maximum atomic E-state index is 13.1. The molecule has 1 N–H and O–H groups in total. The first-order valence-corrected chi connectivity index (χ1v) is 9.10. The van der Waals surface area contributed by atoms with Crippen LogP contribution < -0.4 is 5.32 Å². The lowest BCUT2D eigenvalue weighted by molar-refractivity contribution is 0.0950. The summed E-state index contributed by atoms with van der Waals surface area (Å²) >= 11 is 0. The van der Waals surface area contributed by atoms with Gasteiger partial charge in [-0.3, -0.25) is 4.79 Å². The van der Waals surface area contributed by atoms with Crippen LogP contribution in [0.5, 0.6) is 0 Å². The van der Waals surface area contributed by atoms with Crippen LogP contribution in [0, 0.1) is 12.7 Å².